The van der Waals surface area contributed by atoms with Crippen LogP contribution < -0.4 is 0 Å². The summed E-state index contributed by atoms with van der Waals surface area (Å²) in [6.07, 6.45) is 3.66. The van der Waals surface area contributed by atoms with Gasteiger partial charge in [0.25, 0.3) is 0 Å². The van der Waals surface area contributed by atoms with Crippen molar-refractivity contribution in [2.24, 2.45) is 0 Å². The SMILES string of the molecule is O=C(CO)c1ccnc(-c2ncc(CO)n2CCc2ccc(F)cc2)c1. The second-order valence-electron chi connectivity index (χ2n) is 5.77. The fourth-order valence-corrected chi connectivity index (χ4v) is 2.70. The molecule has 0 aliphatic heterocycles. The Bertz CT molecular complexity index is 907. The van der Waals surface area contributed by atoms with Gasteiger partial charge in [0.15, 0.2) is 11.6 Å². The molecule has 7 heteroatoms. The van der Waals surface area contributed by atoms with Gasteiger partial charge < -0.3 is 14.8 Å². The third kappa shape index (κ3) is 3.84. The molecule has 1 aromatic carbocycles. The van der Waals surface area contributed by atoms with Crippen LogP contribution >= 0.6 is 0 Å². The molecule has 6 nitrogen and oxygen atoms in total. The lowest BCUT2D eigenvalue weighted by atomic mass is 10.1. The van der Waals surface area contributed by atoms with E-state index >= 15 is 0 Å². The van der Waals surface area contributed by atoms with Crippen LogP contribution in [-0.2, 0) is 19.6 Å². The highest BCUT2D eigenvalue weighted by atomic mass is 19.1. The molecule has 0 aliphatic rings. The number of hydrogen-bond acceptors (Lipinski definition) is 5. The van der Waals surface area contributed by atoms with Gasteiger partial charge in [-0.25, -0.2) is 9.37 Å². The highest BCUT2D eigenvalue weighted by molar-refractivity contribution is 5.97. The van der Waals surface area contributed by atoms with Gasteiger partial charge >= 0.3 is 0 Å². The zero-order valence-electron chi connectivity index (χ0n) is 14.0. The average Bonchev–Trinajstić information content (AvgIpc) is 3.10. The molecule has 0 fully saturated rings. The quantitative estimate of drug-likeness (QED) is 0.633. The molecular formula is C19H18FN3O3. The molecule has 2 N–H and O–H groups in total. The molecule has 0 bridgehead atoms. The van der Waals surface area contributed by atoms with Crippen LogP contribution in [0.15, 0.2) is 48.8 Å². The van der Waals surface area contributed by atoms with E-state index in [0.717, 1.165) is 5.56 Å². The fourth-order valence-electron chi connectivity index (χ4n) is 2.70. The smallest absolute Gasteiger partial charge is 0.188 e. The minimum atomic E-state index is -0.579. The first-order valence-corrected chi connectivity index (χ1v) is 8.12. The van der Waals surface area contributed by atoms with Crippen molar-refractivity contribution in [3.8, 4) is 11.5 Å². The molecule has 0 amide bonds. The first-order chi connectivity index (χ1) is 12.6. The number of aliphatic hydroxyl groups excluding tert-OH is 2. The summed E-state index contributed by atoms with van der Waals surface area (Å²) < 4.78 is 14.9. The highest BCUT2D eigenvalue weighted by Gasteiger charge is 2.14. The van der Waals surface area contributed by atoms with Gasteiger partial charge in [0, 0.05) is 18.3 Å². The van der Waals surface area contributed by atoms with Gasteiger partial charge in [-0.05, 0) is 36.2 Å². The van der Waals surface area contributed by atoms with Gasteiger partial charge in [-0.3, -0.25) is 9.78 Å². The maximum atomic E-state index is 13.0. The fraction of sp³-hybridized carbons (Fsp3) is 0.211. The number of ketones is 1. The first kappa shape index (κ1) is 17.9. The number of Topliss-reactive ketones (excluding diaryl/α,β-unsaturated/α-hetero) is 1. The number of halogens is 1. The number of imidazole rings is 1. The number of benzene rings is 1. The lowest BCUT2D eigenvalue weighted by Gasteiger charge is -2.11. The maximum Gasteiger partial charge on any atom is 0.188 e. The average molecular weight is 355 g/mol. The molecule has 0 radical (unpaired) electrons. The zero-order valence-corrected chi connectivity index (χ0v) is 14.0. The highest BCUT2D eigenvalue weighted by Crippen LogP contribution is 2.20. The molecule has 134 valence electrons. The number of rotatable bonds is 7. The van der Waals surface area contributed by atoms with E-state index in [9.17, 15) is 14.3 Å². The summed E-state index contributed by atoms with van der Waals surface area (Å²) in [5.41, 5.74) is 2.38. The minimum Gasteiger partial charge on any atom is -0.390 e. The Morgan fingerprint density at radius 2 is 1.88 bits per heavy atom. The van der Waals surface area contributed by atoms with Gasteiger partial charge in [0.2, 0.25) is 0 Å². The lowest BCUT2D eigenvalue weighted by molar-refractivity contribution is 0.0903. The number of aliphatic hydroxyl groups is 2. The van der Waals surface area contributed by atoms with Crippen molar-refractivity contribution in [2.45, 2.75) is 19.6 Å². The van der Waals surface area contributed by atoms with Gasteiger partial charge in [0.1, 0.15) is 18.1 Å². The van der Waals surface area contributed by atoms with Crippen LogP contribution in [-0.4, -0.2) is 37.1 Å². The van der Waals surface area contributed by atoms with Crippen molar-refractivity contribution in [1.29, 1.82) is 0 Å². The number of aryl methyl sites for hydroxylation is 1. The van der Waals surface area contributed by atoms with Crippen LogP contribution in [0.1, 0.15) is 21.6 Å². The van der Waals surface area contributed by atoms with E-state index < -0.39 is 12.4 Å². The molecule has 0 spiro atoms. The molecule has 3 rings (SSSR count). The molecule has 0 saturated carbocycles. The number of carbonyl (C=O) groups excluding carboxylic acids is 1. The molecule has 2 heterocycles. The number of nitrogens with zero attached hydrogens (tertiary/aromatic N) is 3. The summed E-state index contributed by atoms with van der Waals surface area (Å²) in [5.74, 6) is -0.174. The Morgan fingerprint density at radius 3 is 2.58 bits per heavy atom. The van der Waals surface area contributed by atoms with Crippen LogP contribution in [0.5, 0.6) is 0 Å². The van der Waals surface area contributed by atoms with Crippen molar-refractivity contribution >= 4 is 5.78 Å². The van der Waals surface area contributed by atoms with E-state index in [2.05, 4.69) is 9.97 Å². The van der Waals surface area contributed by atoms with Crippen LogP contribution in [0.2, 0.25) is 0 Å². The summed E-state index contributed by atoms with van der Waals surface area (Å²) in [6.45, 7) is -0.257. The van der Waals surface area contributed by atoms with Crippen molar-refractivity contribution in [3.05, 3.63) is 71.4 Å². The van der Waals surface area contributed by atoms with Crippen LogP contribution in [0.4, 0.5) is 4.39 Å². The van der Waals surface area contributed by atoms with Crippen LogP contribution in [0.25, 0.3) is 11.5 Å². The molecule has 2 aromatic heterocycles. The van der Waals surface area contributed by atoms with Crippen molar-refractivity contribution in [2.75, 3.05) is 6.61 Å². The van der Waals surface area contributed by atoms with E-state index in [1.165, 1.54) is 24.4 Å². The van der Waals surface area contributed by atoms with E-state index in [-0.39, 0.29) is 12.4 Å². The Morgan fingerprint density at radius 1 is 1.12 bits per heavy atom. The van der Waals surface area contributed by atoms with Crippen molar-refractivity contribution < 1.29 is 19.4 Å². The standard InChI is InChI=1S/C19H18FN3O3/c20-15-3-1-13(2-4-15)6-8-23-16(11-24)10-22-19(23)17-9-14(5-7-21-17)18(26)12-25/h1-5,7,9-10,24-25H,6,8,11-12H2. The van der Waals surface area contributed by atoms with Gasteiger partial charge in [-0.2, -0.15) is 0 Å². The van der Waals surface area contributed by atoms with Crippen LogP contribution in [0.3, 0.4) is 0 Å². The summed E-state index contributed by atoms with van der Waals surface area (Å²) in [4.78, 5) is 20.3. The summed E-state index contributed by atoms with van der Waals surface area (Å²) in [7, 11) is 0. The molecule has 0 unspecified atom stereocenters. The van der Waals surface area contributed by atoms with Crippen molar-refractivity contribution in [1.82, 2.24) is 14.5 Å². The van der Waals surface area contributed by atoms with E-state index in [0.29, 0.717) is 35.7 Å². The van der Waals surface area contributed by atoms with E-state index in [4.69, 9.17) is 5.11 Å². The summed E-state index contributed by atoms with van der Waals surface area (Å²) in [5, 5.41) is 18.6. The predicted molar refractivity (Wildman–Crippen MR) is 92.9 cm³/mol. The van der Waals surface area contributed by atoms with Gasteiger partial charge in [-0.1, -0.05) is 12.1 Å². The molecule has 26 heavy (non-hydrogen) atoms. The summed E-state index contributed by atoms with van der Waals surface area (Å²) >= 11 is 0. The molecule has 0 atom stereocenters. The Balaban J connectivity index is 1.90. The molecule has 0 aliphatic carbocycles. The number of carbonyl (C=O) groups is 1. The second kappa shape index (κ2) is 7.99. The van der Waals surface area contributed by atoms with E-state index in [1.807, 2.05) is 4.57 Å². The predicted octanol–water partition coefficient (Wildman–Crippen LogP) is 1.99. The largest absolute Gasteiger partial charge is 0.390 e. The lowest BCUT2D eigenvalue weighted by Crippen LogP contribution is -2.09. The molecule has 0 saturated heterocycles. The first-order valence-electron chi connectivity index (χ1n) is 8.12. The number of hydrogen-bond donors (Lipinski definition) is 2. The number of aromatic nitrogens is 3. The second-order valence-corrected chi connectivity index (χ2v) is 5.77. The Kier molecular flexibility index (Phi) is 5.50. The monoisotopic (exact) mass is 355 g/mol. The Labute approximate surface area is 149 Å². The number of pyridine rings is 1. The Hall–Kier alpha value is -2.90. The normalized spacial score (nSPS) is 10.9. The zero-order chi connectivity index (χ0) is 18.5. The molecular weight excluding hydrogens is 337 g/mol. The van der Waals surface area contributed by atoms with Crippen LogP contribution in [0, 0.1) is 5.82 Å². The summed E-state index contributed by atoms with van der Waals surface area (Å²) in [6, 6.07) is 9.33. The maximum absolute atomic E-state index is 13.0. The molecule has 3 aromatic rings. The third-order valence-corrected chi connectivity index (χ3v) is 4.09. The van der Waals surface area contributed by atoms with Crippen molar-refractivity contribution in [3.63, 3.8) is 0 Å². The van der Waals surface area contributed by atoms with Gasteiger partial charge in [0.05, 0.1) is 18.5 Å². The third-order valence-electron chi connectivity index (χ3n) is 4.09. The van der Waals surface area contributed by atoms with Gasteiger partial charge in [-0.15, -0.1) is 0 Å². The van der Waals surface area contributed by atoms with E-state index in [1.54, 1.807) is 24.4 Å². The minimum absolute atomic E-state index is 0.189. The topological polar surface area (TPSA) is 88.2 Å².